The van der Waals surface area contributed by atoms with Crippen LogP contribution in [0.15, 0.2) is 30.5 Å². The van der Waals surface area contributed by atoms with E-state index in [1.165, 1.54) is 10.9 Å². The van der Waals surface area contributed by atoms with E-state index in [9.17, 15) is 4.39 Å². The van der Waals surface area contributed by atoms with E-state index in [1.807, 2.05) is 32.3 Å². The second kappa shape index (κ2) is 6.78. The van der Waals surface area contributed by atoms with Gasteiger partial charge in [0, 0.05) is 11.1 Å². The van der Waals surface area contributed by atoms with Gasteiger partial charge in [0.25, 0.3) is 0 Å². The second-order valence-corrected chi connectivity index (χ2v) is 6.09. The molecule has 1 N–H and O–H groups in total. The van der Waals surface area contributed by atoms with E-state index in [1.54, 1.807) is 17.4 Å². The SMILES string of the molecule is CNCC(Cc1cnc(C)s1)Cc1ccccc1F. The Balaban J connectivity index is 2.06. The van der Waals surface area contributed by atoms with Gasteiger partial charge in [-0.3, -0.25) is 0 Å². The molecule has 2 nitrogen and oxygen atoms in total. The average molecular weight is 278 g/mol. The normalized spacial score (nSPS) is 12.6. The zero-order chi connectivity index (χ0) is 13.7. The third kappa shape index (κ3) is 4.11. The molecule has 0 amide bonds. The van der Waals surface area contributed by atoms with E-state index >= 15 is 0 Å². The van der Waals surface area contributed by atoms with Crippen LogP contribution in [0.5, 0.6) is 0 Å². The highest BCUT2D eigenvalue weighted by Crippen LogP contribution is 2.20. The Morgan fingerprint density at radius 3 is 2.74 bits per heavy atom. The summed E-state index contributed by atoms with van der Waals surface area (Å²) in [6.45, 7) is 2.89. The summed E-state index contributed by atoms with van der Waals surface area (Å²) in [4.78, 5) is 5.55. The van der Waals surface area contributed by atoms with Crippen LogP contribution < -0.4 is 5.32 Å². The van der Waals surface area contributed by atoms with Crippen LogP contribution in [-0.2, 0) is 12.8 Å². The first kappa shape index (κ1) is 14.2. The third-order valence-corrected chi connectivity index (χ3v) is 4.05. The van der Waals surface area contributed by atoms with E-state index in [0.29, 0.717) is 5.92 Å². The van der Waals surface area contributed by atoms with Gasteiger partial charge in [-0.25, -0.2) is 9.37 Å². The zero-order valence-corrected chi connectivity index (χ0v) is 12.1. The molecule has 1 aromatic carbocycles. The lowest BCUT2D eigenvalue weighted by molar-refractivity contribution is 0.482. The molecule has 0 aliphatic rings. The van der Waals surface area contributed by atoms with E-state index < -0.39 is 0 Å². The lowest BCUT2D eigenvalue weighted by Crippen LogP contribution is -2.22. The van der Waals surface area contributed by atoms with Crippen molar-refractivity contribution in [1.29, 1.82) is 0 Å². The van der Waals surface area contributed by atoms with Gasteiger partial charge in [-0.05, 0) is 50.9 Å². The van der Waals surface area contributed by atoms with Gasteiger partial charge >= 0.3 is 0 Å². The predicted octanol–water partition coefficient (Wildman–Crippen LogP) is 3.21. The van der Waals surface area contributed by atoms with Crippen LogP contribution >= 0.6 is 11.3 Å². The molecule has 0 saturated heterocycles. The van der Waals surface area contributed by atoms with Gasteiger partial charge in [0.05, 0.1) is 5.01 Å². The minimum Gasteiger partial charge on any atom is -0.319 e. The summed E-state index contributed by atoms with van der Waals surface area (Å²) < 4.78 is 13.7. The summed E-state index contributed by atoms with van der Waals surface area (Å²) in [6, 6.07) is 7.03. The van der Waals surface area contributed by atoms with Crippen molar-refractivity contribution in [3.63, 3.8) is 0 Å². The molecule has 0 radical (unpaired) electrons. The molecule has 2 aromatic rings. The van der Waals surface area contributed by atoms with Gasteiger partial charge < -0.3 is 5.32 Å². The van der Waals surface area contributed by atoms with E-state index in [2.05, 4.69) is 10.3 Å². The van der Waals surface area contributed by atoms with Crippen molar-refractivity contribution in [3.8, 4) is 0 Å². The highest BCUT2D eigenvalue weighted by Gasteiger charge is 2.13. The predicted molar refractivity (Wildman–Crippen MR) is 78.1 cm³/mol. The Labute approximate surface area is 117 Å². The smallest absolute Gasteiger partial charge is 0.126 e. The maximum absolute atomic E-state index is 13.7. The lowest BCUT2D eigenvalue weighted by Gasteiger charge is -2.16. The van der Waals surface area contributed by atoms with Gasteiger partial charge in [-0.2, -0.15) is 0 Å². The van der Waals surface area contributed by atoms with Gasteiger partial charge in [-0.15, -0.1) is 11.3 Å². The van der Waals surface area contributed by atoms with Gasteiger partial charge in [0.1, 0.15) is 5.82 Å². The van der Waals surface area contributed by atoms with Crippen LogP contribution in [0.4, 0.5) is 4.39 Å². The summed E-state index contributed by atoms with van der Waals surface area (Å²) in [5, 5.41) is 4.28. The Hall–Kier alpha value is -1.26. The van der Waals surface area contributed by atoms with Crippen molar-refractivity contribution >= 4 is 11.3 Å². The van der Waals surface area contributed by atoms with Crippen molar-refractivity contribution in [2.75, 3.05) is 13.6 Å². The molecule has 0 fully saturated rings. The standard InChI is InChI=1S/C15H19FN2S/c1-11-18-10-14(19-11)8-12(9-17-2)7-13-5-3-4-6-15(13)16/h3-6,10,12,17H,7-9H2,1-2H3. The molecular weight excluding hydrogens is 259 g/mol. The highest BCUT2D eigenvalue weighted by molar-refractivity contribution is 7.11. The number of thiazole rings is 1. The van der Waals surface area contributed by atoms with E-state index in [4.69, 9.17) is 0 Å². The molecule has 0 spiro atoms. The number of aromatic nitrogens is 1. The van der Waals surface area contributed by atoms with Crippen LogP contribution in [0, 0.1) is 18.7 Å². The molecule has 0 aliphatic heterocycles. The summed E-state index contributed by atoms with van der Waals surface area (Å²) in [5.41, 5.74) is 0.795. The summed E-state index contributed by atoms with van der Waals surface area (Å²) in [7, 11) is 1.94. The number of nitrogens with zero attached hydrogens (tertiary/aromatic N) is 1. The number of hydrogen-bond donors (Lipinski definition) is 1. The van der Waals surface area contributed by atoms with Crippen LogP contribution in [0.25, 0.3) is 0 Å². The molecule has 0 aliphatic carbocycles. The van der Waals surface area contributed by atoms with Crippen LogP contribution in [-0.4, -0.2) is 18.6 Å². The molecule has 1 heterocycles. The topological polar surface area (TPSA) is 24.9 Å². The van der Waals surface area contributed by atoms with Crippen LogP contribution in [0.1, 0.15) is 15.4 Å². The fourth-order valence-corrected chi connectivity index (χ4v) is 3.17. The monoisotopic (exact) mass is 278 g/mol. The number of rotatable bonds is 6. The first-order valence-corrected chi connectivity index (χ1v) is 7.30. The maximum Gasteiger partial charge on any atom is 0.126 e. The quantitative estimate of drug-likeness (QED) is 0.877. The summed E-state index contributed by atoms with van der Waals surface area (Å²) >= 11 is 1.72. The van der Waals surface area contributed by atoms with Crippen molar-refractivity contribution in [2.24, 2.45) is 5.92 Å². The Kier molecular flexibility index (Phi) is 5.05. The largest absolute Gasteiger partial charge is 0.319 e. The number of halogens is 1. The fourth-order valence-electron chi connectivity index (χ4n) is 2.26. The molecule has 1 atom stereocenters. The molecule has 19 heavy (non-hydrogen) atoms. The lowest BCUT2D eigenvalue weighted by atomic mass is 9.95. The molecule has 4 heteroatoms. The van der Waals surface area contributed by atoms with Gasteiger partial charge in [0.2, 0.25) is 0 Å². The number of nitrogens with one attached hydrogen (secondary N) is 1. The zero-order valence-electron chi connectivity index (χ0n) is 11.3. The Bertz CT molecular complexity index is 524. The molecule has 0 bridgehead atoms. The molecule has 102 valence electrons. The van der Waals surface area contributed by atoms with E-state index in [-0.39, 0.29) is 5.82 Å². The van der Waals surface area contributed by atoms with Crippen LogP contribution in [0.3, 0.4) is 0 Å². The number of aryl methyl sites for hydroxylation is 1. The number of benzene rings is 1. The van der Waals surface area contributed by atoms with E-state index in [0.717, 1.165) is 30.0 Å². The van der Waals surface area contributed by atoms with Crippen molar-refractivity contribution in [3.05, 3.63) is 51.7 Å². The minimum absolute atomic E-state index is 0.107. The van der Waals surface area contributed by atoms with Crippen molar-refractivity contribution < 1.29 is 4.39 Å². The van der Waals surface area contributed by atoms with Gasteiger partial charge in [0.15, 0.2) is 0 Å². The van der Waals surface area contributed by atoms with Crippen LogP contribution in [0.2, 0.25) is 0 Å². The average Bonchev–Trinajstić information content (AvgIpc) is 2.78. The second-order valence-electron chi connectivity index (χ2n) is 4.77. The summed E-state index contributed by atoms with van der Waals surface area (Å²) in [5.74, 6) is 0.283. The number of hydrogen-bond acceptors (Lipinski definition) is 3. The summed E-state index contributed by atoms with van der Waals surface area (Å²) in [6.07, 6.45) is 3.63. The van der Waals surface area contributed by atoms with Crippen molar-refractivity contribution in [1.82, 2.24) is 10.3 Å². The van der Waals surface area contributed by atoms with Crippen molar-refractivity contribution in [2.45, 2.75) is 19.8 Å². The Morgan fingerprint density at radius 2 is 2.11 bits per heavy atom. The molecule has 2 rings (SSSR count). The molecule has 0 saturated carbocycles. The highest BCUT2D eigenvalue weighted by atomic mass is 32.1. The van der Waals surface area contributed by atoms with Gasteiger partial charge in [-0.1, -0.05) is 18.2 Å². The Morgan fingerprint density at radius 1 is 1.32 bits per heavy atom. The first-order chi connectivity index (χ1) is 9.19. The minimum atomic E-state index is -0.107. The molecule has 1 aromatic heterocycles. The maximum atomic E-state index is 13.7. The molecule has 1 unspecified atom stereocenters. The third-order valence-electron chi connectivity index (χ3n) is 3.12. The molecular formula is C15H19FN2S. The first-order valence-electron chi connectivity index (χ1n) is 6.48. The fraction of sp³-hybridized carbons (Fsp3) is 0.400.